The van der Waals surface area contributed by atoms with Gasteiger partial charge >= 0.3 is 6.18 Å². The first-order valence-corrected chi connectivity index (χ1v) is 9.65. The van der Waals surface area contributed by atoms with Crippen LogP contribution in [0.15, 0.2) is 24.3 Å². The highest BCUT2D eigenvalue weighted by Gasteiger charge is 2.60. The number of likely N-dealkylation sites (tertiary alicyclic amines) is 1. The summed E-state index contributed by atoms with van der Waals surface area (Å²) < 4.78 is 38.2. The molecule has 1 aromatic carbocycles. The molecule has 0 aromatic heterocycles. The first kappa shape index (κ1) is 18.7. The zero-order valence-electron chi connectivity index (χ0n) is 15.1. The predicted octanol–water partition coefficient (Wildman–Crippen LogP) is 2.31. The van der Waals surface area contributed by atoms with Gasteiger partial charge in [0.15, 0.2) is 0 Å². The van der Waals surface area contributed by atoms with E-state index < -0.39 is 11.7 Å². The van der Waals surface area contributed by atoms with Gasteiger partial charge in [-0.1, -0.05) is 18.2 Å². The second kappa shape index (κ2) is 7.09. The molecule has 7 heteroatoms. The van der Waals surface area contributed by atoms with E-state index in [2.05, 4.69) is 10.2 Å². The maximum Gasteiger partial charge on any atom is 0.416 e. The second-order valence-electron chi connectivity index (χ2n) is 8.22. The average Bonchev–Trinajstić information content (AvgIpc) is 3.09. The minimum atomic E-state index is -4.34. The zero-order chi connectivity index (χ0) is 19.2. The van der Waals surface area contributed by atoms with Crippen LogP contribution >= 0.6 is 0 Å². The Morgan fingerprint density at radius 3 is 2.56 bits per heavy atom. The molecular formula is C20H25F3N2O2. The minimum absolute atomic E-state index is 0.0403. The molecule has 27 heavy (non-hydrogen) atoms. The number of nitrogens with one attached hydrogen (secondary N) is 1. The Morgan fingerprint density at radius 1 is 1.22 bits per heavy atom. The van der Waals surface area contributed by atoms with Gasteiger partial charge in [-0.25, -0.2) is 0 Å². The van der Waals surface area contributed by atoms with Crippen molar-refractivity contribution in [3.8, 4) is 0 Å². The van der Waals surface area contributed by atoms with E-state index in [0.717, 1.165) is 38.1 Å². The normalized spacial score (nSPS) is 32.7. The summed E-state index contributed by atoms with van der Waals surface area (Å²) in [5.41, 5.74) is -0.0710. The highest BCUT2D eigenvalue weighted by atomic mass is 19.4. The molecule has 2 N–H and O–H groups in total. The number of rotatable bonds is 6. The van der Waals surface area contributed by atoms with Crippen LogP contribution in [0.4, 0.5) is 13.2 Å². The zero-order valence-corrected chi connectivity index (χ0v) is 15.1. The van der Waals surface area contributed by atoms with Crippen LogP contribution in [0.5, 0.6) is 0 Å². The molecule has 4 rings (SSSR count). The lowest BCUT2D eigenvalue weighted by Crippen LogP contribution is -2.46. The summed E-state index contributed by atoms with van der Waals surface area (Å²) >= 11 is 0. The van der Waals surface area contributed by atoms with Crippen LogP contribution in [0.2, 0.25) is 0 Å². The molecule has 148 valence electrons. The van der Waals surface area contributed by atoms with Crippen LogP contribution in [0.3, 0.4) is 0 Å². The minimum Gasteiger partial charge on any atom is -0.396 e. The van der Waals surface area contributed by atoms with Crippen molar-refractivity contribution in [1.29, 1.82) is 0 Å². The van der Waals surface area contributed by atoms with Gasteiger partial charge in [0.2, 0.25) is 5.91 Å². The van der Waals surface area contributed by atoms with Gasteiger partial charge in [0.05, 0.1) is 5.56 Å². The van der Waals surface area contributed by atoms with Crippen LogP contribution in [0, 0.1) is 23.7 Å². The highest BCUT2D eigenvalue weighted by Crippen LogP contribution is 2.53. The highest BCUT2D eigenvalue weighted by molar-refractivity contribution is 5.82. The Labute approximate surface area is 156 Å². The summed E-state index contributed by atoms with van der Waals surface area (Å²) in [6, 6.07) is 5.84. The maximum atomic E-state index is 12.7. The van der Waals surface area contributed by atoms with Crippen LogP contribution < -0.4 is 5.32 Å². The van der Waals surface area contributed by atoms with Crippen LogP contribution in [-0.2, 0) is 17.4 Å². The third kappa shape index (κ3) is 3.85. The summed E-state index contributed by atoms with van der Waals surface area (Å²) in [5, 5.41) is 12.0. The molecule has 3 fully saturated rings. The molecular weight excluding hydrogens is 357 g/mol. The van der Waals surface area contributed by atoms with Gasteiger partial charge in [-0.3, -0.25) is 9.69 Å². The molecule has 3 atom stereocenters. The lowest BCUT2D eigenvalue weighted by atomic mass is 9.80. The molecule has 2 aliphatic carbocycles. The molecule has 1 amide bonds. The number of hydrogen-bond acceptors (Lipinski definition) is 3. The van der Waals surface area contributed by atoms with Crippen molar-refractivity contribution >= 4 is 5.91 Å². The van der Waals surface area contributed by atoms with E-state index in [4.69, 9.17) is 5.11 Å². The summed E-state index contributed by atoms with van der Waals surface area (Å²) in [5.74, 6) is 1.40. The third-order valence-corrected chi connectivity index (χ3v) is 6.48. The number of amides is 1. The SMILES string of the molecule is O=C(NCCc1cccc(C(F)(F)F)c1)C1[C@H]2CN(C3CC(CO)C3)C[C@@H]12. The fourth-order valence-corrected chi connectivity index (χ4v) is 4.74. The van der Waals surface area contributed by atoms with Gasteiger partial charge in [0, 0.05) is 38.2 Å². The van der Waals surface area contributed by atoms with E-state index in [1.54, 1.807) is 6.07 Å². The topological polar surface area (TPSA) is 52.6 Å². The molecule has 0 radical (unpaired) electrons. The quantitative estimate of drug-likeness (QED) is 0.794. The molecule has 1 saturated heterocycles. The Balaban J connectivity index is 1.19. The van der Waals surface area contributed by atoms with Crippen LogP contribution in [0.25, 0.3) is 0 Å². The van der Waals surface area contributed by atoms with Gasteiger partial charge in [-0.2, -0.15) is 13.2 Å². The second-order valence-corrected chi connectivity index (χ2v) is 8.22. The van der Waals surface area contributed by atoms with Gasteiger partial charge in [0.25, 0.3) is 0 Å². The number of carbonyl (C=O) groups is 1. The average molecular weight is 382 g/mol. The molecule has 4 nitrogen and oxygen atoms in total. The summed E-state index contributed by atoms with van der Waals surface area (Å²) in [6.45, 7) is 2.55. The number of halogens is 3. The van der Waals surface area contributed by atoms with Crippen molar-refractivity contribution in [2.24, 2.45) is 23.7 Å². The Hall–Kier alpha value is -1.60. The lowest BCUT2D eigenvalue weighted by molar-refractivity contribution is -0.137. The first-order chi connectivity index (χ1) is 12.9. The Morgan fingerprint density at radius 2 is 1.93 bits per heavy atom. The van der Waals surface area contributed by atoms with E-state index in [-0.39, 0.29) is 18.4 Å². The van der Waals surface area contributed by atoms with Gasteiger partial charge in [0.1, 0.15) is 0 Å². The molecule has 2 saturated carbocycles. The van der Waals surface area contributed by atoms with E-state index in [1.165, 1.54) is 6.07 Å². The third-order valence-electron chi connectivity index (χ3n) is 6.48. The summed E-state index contributed by atoms with van der Waals surface area (Å²) in [6.07, 6.45) is -1.82. The molecule has 3 aliphatic rings. The molecule has 1 aromatic rings. The number of piperidine rings is 1. The number of fused-ring (bicyclic) bond motifs is 1. The van der Waals surface area contributed by atoms with Crippen molar-refractivity contribution in [1.82, 2.24) is 10.2 Å². The van der Waals surface area contributed by atoms with Crippen molar-refractivity contribution in [3.05, 3.63) is 35.4 Å². The molecule has 1 heterocycles. The number of nitrogens with zero attached hydrogens (tertiary/aromatic N) is 1. The van der Waals surface area contributed by atoms with Crippen molar-refractivity contribution < 1.29 is 23.1 Å². The fourth-order valence-electron chi connectivity index (χ4n) is 4.74. The standard InChI is InChI=1S/C20H25F3N2O2/c21-20(22,23)14-3-1-2-12(6-14)4-5-24-19(27)18-16-9-25(10-17(16)18)15-7-13(8-15)11-26/h1-3,6,13,15-18,26H,4-5,7-11H2,(H,24,27)/t13?,15?,16-,17+,18?. The van der Waals surface area contributed by atoms with Crippen molar-refractivity contribution in [2.45, 2.75) is 31.5 Å². The van der Waals surface area contributed by atoms with E-state index >= 15 is 0 Å². The van der Waals surface area contributed by atoms with E-state index in [1.807, 2.05) is 0 Å². The van der Waals surface area contributed by atoms with Gasteiger partial charge in [-0.15, -0.1) is 0 Å². The predicted molar refractivity (Wildman–Crippen MR) is 93.8 cm³/mol. The van der Waals surface area contributed by atoms with E-state index in [9.17, 15) is 18.0 Å². The molecule has 1 unspecified atom stereocenters. The van der Waals surface area contributed by atoms with Gasteiger partial charge < -0.3 is 10.4 Å². The number of carbonyl (C=O) groups excluding carboxylic acids is 1. The van der Waals surface area contributed by atoms with Gasteiger partial charge in [-0.05, 0) is 48.6 Å². The first-order valence-electron chi connectivity index (χ1n) is 9.65. The maximum absolute atomic E-state index is 12.7. The number of hydrogen-bond donors (Lipinski definition) is 2. The molecule has 0 spiro atoms. The van der Waals surface area contributed by atoms with E-state index in [0.29, 0.717) is 42.3 Å². The monoisotopic (exact) mass is 382 g/mol. The Bertz CT molecular complexity index is 691. The largest absolute Gasteiger partial charge is 0.416 e. The smallest absolute Gasteiger partial charge is 0.396 e. The number of alkyl halides is 3. The number of benzene rings is 1. The molecule has 0 bridgehead atoms. The number of aliphatic hydroxyl groups excluding tert-OH is 1. The summed E-state index contributed by atoms with van der Waals surface area (Å²) in [4.78, 5) is 14.8. The lowest BCUT2D eigenvalue weighted by Gasteiger charge is -2.41. The van der Waals surface area contributed by atoms with Crippen molar-refractivity contribution in [2.75, 3.05) is 26.2 Å². The van der Waals surface area contributed by atoms with Crippen LogP contribution in [0.1, 0.15) is 24.0 Å². The van der Waals surface area contributed by atoms with Crippen molar-refractivity contribution in [3.63, 3.8) is 0 Å². The number of aliphatic hydroxyl groups is 1. The summed E-state index contributed by atoms with van der Waals surface area (Å²) in [7, 11) is 0. The van der Waals surface area contributed by atoms with Crippen LogP contribution in [-0.4, -0.2) is 48.2 Å². The molecule has 1 aliphatic heterocycles. The Kier molecular flexibility index (Phi) is 4.93. The fraction of sp³-hybridized carbons (Fsp3) is 0.650.